The molecule has 0 aliphatic heterocycles. The first-order valence-corrected chi connectivity index (χ1v) is 10.4. The summed E-state index contributed by atoms with van der Waals surface area (Å²) >= 11 is 7.13. The lowest BCUT2D eigenvalue weighted by molar-refractivity contribution is -0.116. The van der Waals surface area contributed by atoms with Crippen LogP contribution >= 0.6 is 22.9 Å². The number of thiazole rings is 1. The fourth-order valence-electron chi connectivity index (χ4n) is 2.32. The molecule has 0 unspecified atom stereocenters. The predicted octanol–water partition coefficient (Wildman–Crippen LogP) is 3.57. The van der Waals surface area contributed by atoms with E-state index in [4.69, 9.17) is 11.6 Å². The smallest absolute Gasteiger partial charge is 0.240 e. The summed E-state index contributed by atoms with van der Waals surface area (Å²) in [5, 5.41) is 3.66. The van der Waals surface area contributed by atoms with Crippen molar-refractivity contribution < 1.29 is 13.2 Å². The molecule has 136 valence electrons. The second-order valence-corrected chi connectivity index (χ2v) is 8.82. The molecule has 6 nitrogen and oxygen atoms in total. The Balaban J connectivity index is 1.56. The van der Waals surface area contributed by atoms with Gasteiger partial charge in [0.25, 0.3) is 0 Å². The van der Waals surface area contributed by atoms with E-state index in [2.05, 4.69) is 15.0 Å². The van der Waals surface area contributed by atoms with Crippen LogP contribution in [0.4, 0.5) is 5.13 Å². The third-order valence-electron chi connectivity index (χ3n) is 3.64. The van der Waals surface area contributed by atoms with Gasteiger partial charge in [0, 0.05) is 18.0 Å². The largest absolute Gasteiger partial charge is 0.302 e. The number of amides is 1. The predicted molar refractivity (Wildman–Crippen MR) is 104 cm³/mol. The molecule has 26 heavy (non-hydrogen) atoms. The first-order valence-electron chi connectivity index (χ1n) is 7.76. The Morgan fingerprint density at radius 2 is 1.92 bits per heavy atom. The summed E-state index contributed by atoms with van der Waals surface area (Å²) in [5.74, 6) is -0.305. The fraction of sp³-hybridized carbons (Fsp3) is 0.176. The van der Waals surface area contributed by atoms with Crippen molar-refractivity contribution in [2.45, 2.75) is 18.2 Å². The number of aromatic nitrogens is 1. The number of hydrogen-bond acceptors (Lipinski definition) is 5. The lowest BCUT2D eigenvalue weighted by Crippen LogP contribution is -2.27. The monoisotopic (exact) mass is 409 g/mol. The molecule has 0 saturated carbocycles. The summed E-state index contributed by atoms with van der Waals surface area (Å²) in [6.45, 7) is 1.94. The van der Waals surface area contributed by atoms with Crippen LogP contribution in [-0.4, -0.2) is 25.9 Å². The number of aryl methyl sites for hydroxylation is 1. The molecule has 0 atom stereocenters. The van der Waals surface area contributed by atoms with E-state index >= 15 is 0 Å². The van der Waals surface area contributed by atoms with Crippen molar-refractivity contribution in [2.24, 2.45) is 0 Å². The Bertz CT molecular complexity index is 1050. The van der Waals surface area contributed by atoms with Crippen LogP contribution in [0.25, 0.3) is 10.2 Å². The Hall–Kier alpha value is -2.00. The number of carbonyl (C=O) groups is 1. The minimum absolute atomic E-state index is 0.00171. The molecule has 0 saturated heterocycles. The number of halogens is 1. The second kappa shape index (κ2) is 7.71. The van der Waals surface area contributed by atoms with Crippen molar-refractivity contribution >= 4 is 54.2 Å². The number of nitrogens with zero attached hydrogens (tertiary/aromatic N) is 1. The molecule has 1 heterocycles. The first kappa shape index (κ1) is 18.8. The van der Waals surface area contributed by atoms with Crippen LogP contribution in [-0.2, 0) is 14.8 Å². The molecule has 1 aromatic heterocycles. The zero-order chi connectivity index (χ0) is 18.7. The van der Waals surface area contributed by atoms with Crippen LogP contribution < -0.4 is 10.0 Å². The minimum atomic E-state index is -3.67. The summed E-state index contributed by atoms with van der Waals surface area (Å²) in [7, 11) is -3.67. The molecule has 1 amide bonds. The average molecular weight is 410 g/mol. The third-order valence-corrected chi connectivity index (χ3v) is 6.30. The van der Waals surface area contributed by atoms with Crippen molar-refractivity contribution in [1.82, 2.24) is 9.71 Å². The van der Waals surface area contributed by atoms with Gasteiger partial charge in [-0.15, -0.1) is 0 Å². The van der Waals surface area contributed by atoms with Crippen LogP contribution in [0.3, 0.4) is 0 Å². The molecule has 3 rings (SSSR count). The normalized spacial score (nSPS) is 11.6. The summed E-state index contributed by atoms with van der Waals surface area (Å²) < 4.78 is 27.7. The van der Waals surface area contributed by atoms with E-state index in [-0.39, 0.29) is 23.8 Å². The van der Waals surface area contributed by atoms with Crippen LogP contribution in [0.5, 0.6) is 0 Å². The Morgan fingerprint density at radius 3 is 2.62 bits per heavy atom. The number of benzene rings is 2. The highest BCUT2D eigenvalue weighted by atomic mass is 35.5. The van der Waals surface area contributed by atoms with E-state index in [1.54, 1.807) is 0 Å². The molecule has 3 aromatic rings. The first-order chi connectivity index (χ1) is 12.3. The standard InChI is InChI=1S/C17H16ClN3O3S2/c1-11-3-2-4-14-16(11)21-17(25-14)20-15(22)9-10-19-26(23,24)13-7-5-12(18)6-8-13/h2-8,19H,9-10H2,1H3,(H,20,21,22). The van der Waals surface area contributed by atoms with Crippen LogP contribution in [0.2, 0.25) is 5.02 Å². The molecule has 9 heteroatoms. The van der Waals surface area contributed by atoms with Gasteiger partial charge in [-0.3, -0.25) is 4.79 Å². The summed E-state index contributed by atoms with van der Waals surface area (Å²) in [6, 6.07) is 11.7. The van der Waals surface area contributed by atoms with Gasteiger partial charge in [-0.1, -0.05) is 35.1 Å². The van der Waals surface area contributed by atoms with Crippen molar-refractivity contribution in [3.05, 3.63) is 53.1 Å². The SMILES string of the molecule is Cc1cccc2sc(NC(=O)CCNS(=O)(=O)c3ccc(Cl)cc3)nc12. The van der Waals surface area contributed by atoms with Crippen molar-refractivity contribution in [3.8, 4) is 0 Å². The Labute approximate surface area is 160 Å². The Kier molecular flexibility index (Phi) is 5.57. The number of sulfonamides is 1. The van der Waals surface area contributed by atoms with E-state index in [0.29, 0.717) is 10.2 Å². The van der Waals surface area contributed by atoms with E-state index < -0.39 is 10.0 Å². The van der Waals surface area contributed by atoms with Gasteiger partial charge in [0.1, 0.15) is 0 Å². The molecule has 0 spiro atoms. The molecule has 2 N–H and O–H groups in total. The lowest BCUT2D eigenvalue weighted by Gasteiger charge is -2.06. The number of anilines is 1. The highest BCUT2D eigenvalue weighted by Gasteiger charge is 2.15. The van der Waals surface area contributed by atoms with E-state index in [9.17, 15) is 13.2 Å². The average Bonchev–Trinajstić information content (AvgIpc) is 2.99. The number of nitrogens with one attached hydrogen (secondary N) is 2. The maximum atomic E-state index is 12.1. The van der Waals surface area contributed by atoms with E-state index in [0.717, 1.165) is 15.8 Å². The van der Waals surface area contributed by atoms with E-state index in [1.807, 2.05) is 25.1 Å². The number of carbonyl (C=O) groups excluding carboxylic acids is 1. The molecular formula is C17H16ClN3O3S2. The number of rotatable bonds is 6. The van der Waals surface area contributed by atoms with Crippen LogP contribution in [0.1, 0.15) is 12.0 Å². The number of para-hydroxylation sites is 1. The summed E-state index contributed by atoms with van der Waals surface area (Å²) in [4.78, 5) is 16.5. The van der Waals surface area contributed by atoms with Gasteiger partial charge < -0.3 is 5.32 Å². The zero-order valence-corrected chi connectivity index (χ0v) is 16.2. The van der Waals surface area contributed by atoms with Crippen LogP contribution in [0.15, 0.2) is 47.4 Å². The van der Waals surface area contributed by atoms with Crippen molar-refractivity contribution in [2.75, 3.05) is 11.9 Å². The molecule has 2 aromatic carbocycles. The van der Waals surface area contributed by atoms with Crippen molar-refractivity contribution in [3.63, 3.8) is 0 Å². The molecule has 0 bridgehead atoms. The lowest BCUT2D eigenvalue weighted by atomic mass is 10.2. The molecule has 0 aliphatic rings. The third kappa shape index (κ3) is 4.39. The van der Waals surface area contributed by atoms with Gasteiger partial charge >= 0.3 is 0 Å². The van der Waals surface area contributed by atoms with Gasteiger partial charge in [0.15, 0.2) is 5.13 Å². The zero-order valence-electron chi connectivity index (χ0n) is 13.8. The molecule has 0 radical (unpaired) electrons. The second-order valence-electron chi connectivity index (χ2n) is 5.59. The molecule has 0 aliphatic carbocycles. The molecule has 0 fully saturated rings. The van der Waals surface area contributed by atoms with Gasteiger partial charge in [-0.05, 0) is 42.8 Å². The number of fused-ring (bicyclic) bond motifs is 1. The minimum Gasteiger partial charge on any atom is -0.302 e. The topological polar surface area (TPSA) is 88.2 Å². The van der Waals surface area contributed by atoms with Gasteiger partial charge in [-0.2, -0.15) is 0 Å². The highest BCUT2D eigenvalue weighted by Crippen LogP contribution is 2.27. The maximum Gasteiger partial charge on any atom is 0.240 e. The quantitative estimate of drug-likeness (QED) is 0.651. The summed E-state index contributed by atoms with van der Waals surface area (Å²) in [5.41, 5.74) is 1.89. The van der Waals surface area contributed by atoms with Crippen LogP contribution in [0, 0.1) is 6.92 Å². The maximum absolute atomic E-state index is 12.1. The highest BCUT2D eigenvalue weighted by molar-refractivity contribution is 7.89. The fourth-order valence-corrected chi connectivity index (χ4v) is 4.44. The Morgan fingerprint density at radius 1 is 1.19 bits per heavy atom. The molecular weight excluding hydrogens is 394 g/mol. The van der Waals surface area contributed by atoms with Gasteiger partial charge in [0.05, 0.1) is 15.1 Å². The van der Waals surface area contributed by atoms with Gasteiger partial charge in [0.2, 0.25) is 15.9 Å². The van der Waals surface area contributed by atoms with Crippen molar-refractivity contribution in [1.29, 1.82) is 0 Å². The van der Waals surface area contributed by atoms with Gasteiger partial charge in [-0.25, -0.2) is 18.1 Å². The number of hydrogen-bond donors (Lipinski definition) is 2. The summed E-state index contributed by atoms with van der Waals surface area (Å²) in [6.07, 6.45) is 0.00171. The van der Waals surface area contributed by atoms with E-state index in [1.165, 1.54) is 35.6 Å².